The Balaban J connectivity index is 1.73. The molecule has 0 saturated carbocycles. The normalized spacial score (nSPS) is 18.0. The van der Waals surface area contributed by atoms with Crippen LogP contribution in [-0.2, 0) is 4.74 Å². The van der Waals surface area contributed by atoms with Crippen LogP contribution in [0, 0.1) is 17.5 Å². The molecule has 0 spiro atoms. The van der Waals surface area contributed by atoms with Crippen molar-refractivity contribution in [1.82, 2.24) is 20.0 Å². The fraction of sp³-hybridized carbons (Fsp3) is 0.476. The second-order valence-corrected chi connectivity index (χ2v) is 8.36. The number of hydrogen-bond acceptors (Lipinski definition) is 6. The van der Waals surface area contributed by atoms with Crippen molar-refractivity contribution in [3.63, 3.8) is 0 Å². The molecule has 2 aromatic heterocycles. The van der Waals surface area contributed by atoms with Crippen molar-refractivity contribution in [2.24, 2.45) is 0 Å². The molecule has 0 bridgehead atoms. The Hall–Kier alpha value is -1.94. The van der Waals surface area contributed by atoms with Gasteiger partial charge in [-0.25, -0.2) is 4.68 Å². The Morgan fingerprint density at radius 1 is 1.28 bits per heavy atom. The summed E-state index contributed by atoms with van der Waals surface area (Å²) in [6.07, 6.45) is 4.77. The summed E-state index contributed by atoms with van der Waals surface area (Å²) >= 11 is 2.26. The van der Waals surface area contributed by atoms with Gasteiger partial charge in [-0.2, -0.15) is 15.3 Å². The number of fused-ring (bicyclic) bond motifs is 1. The number of aromatic nitrogens is 4. The predicted octanol–water partition coefficient (Wildman–Crippen LogP) is 4.90. The summed E-state index contributed by atoms with van der Waals surface area (Å²) in [6.45, 7) is 6.77. The minimum Gasteiger partial charge on any atom is -0.492 e. The molecule has 1 aliphatic rings. The van der Waals surface area contributed by atoms with Gasteiger partial charge in [0.2, 0.25) is 0 Å². The van der Waals surface area contributed by atoms with E-state index in [1.807, 2.05) is 37.6 Å². The second kappa shape index (κ2) is 8.43. The summed E-state index contributed by atoms with van der Waals surface area (Å²) in [5.74, 6) is 1.38. The fourth-order valence-electron chi connectivity index (χ4n) is 4.05. The minimum absolute atomic E-state index is 0.0293. The quantitative estimate of drug-likeness (QED) is 0.457. The van der Waals surface area contributed by atoms with E-state index in [1.165, 1.54) is 0 Å². The first kappa shape index (κ1) is 20.3. The molecule has 7 nitrogen and oxygen atoms in total. The molecule has 0 N–H and O–H groups in total. The van der Waals surface area contributed by atoms with E-state index < -0.39 is 0 Å². The molecule has 1 aromatic carbocycles. The Morgan fingerprint density at radius 2 is 2.10 bits per heavy atom. The molecule has 2 unspecified atom stereocenters. The zero-order valence-corrected chi connectivity index (χ0v) is 19.3. The van der Waals surface area contributed by atoms with Crippen molar-refractivity contribution in [1.29, 1.82) is 0 Å². The molecular formula is C21H25IN4O3. The van der Waals surface area contributed by atoms with Crippen LogP contribution in [0.15, 0.2) is 18.3 Å². The van der Waals surface area contributed by atoms with Gasteiger partial charge in [-0.3, -0.25) is 0 Å². The van der Waals surface area contributed by atoms with Gasteiger partial charge in [0.1, 0.15) is 9.80 Å². The van der Waals surface area contributed by atoms with E-state index >= 15 is 0 Å². The largest absolute Gasteiger partial charge is 0.492 e. The Labute approximate surface area is 183 Å². The van der Waals surface area contributed by atoms with Gasteiger partial charge >= 0.3 is 0 Å². The number of rotatable bonds is 5. The van der Waals surface area contributed by atoms with E-state index in [2.05, 4.69) is 32.8 Å². The molecule has 29 heavy (non-hydrogen) atoms. The van der Waals surface area contributed by atoms with Crippen molar-refractivity contribution >= 4 is 33.5 Å². The topological polar surface area (TPSA) is 71.3 Å². The third-order valence-corrected chi connectivity index (χ3v) is 6.12. The second-order valence-electron chi connectivity index (χ2n) is 7.33. The van der Waals surface area contributed by atoms with Gasteiger partial charge in [-0.05, 0) is 80.3 Å². The maximum atomic E-state index is 6.34. The van der Waals surface area contributed by atoms with E-state index in [0.717, 1.165) is 57.3 Å². The highest BCUT2D eigenvalue weighted by Gasteiger charge is 2.25. The average molecular weight is 508 g/mol. The van der Waals surface area contributed by atoms with Gasteiger partial charge in [0.05, 0.1) is 29.9 Å². The van der Waals surface area contributed by atoms with E-state index in [9.17, 15) is 0 Å². The fourth-order valence-corrected chi connectivity index (χ4v) is 4.80. The van der Waals surface area contributed by atoms with Crippen molar-refractivity contribution in [3.05, 3.63) is 38.9 Å². The van der Waals surface area contributed by atoms with Gasteiger partial charge < -0.3 is 14.2 Å². The Morgan fingerprint density at radius 3 is 2.79 bits per heavy atom. The number of halogens is 1. The van der Waals surface area contributed by atoms with Crippen molar-refractivity contribution < 1.29 is 14.2 Å². The summed E-state index contributed by atoms with van der Waals surface area (Å²) in [5, 5.41) is 13.9. The van der Waals surface area contributed by atoms with Crippen LogP contribution in [0.2, 0.25) is 0 Å². The molecule has 0 amide bonds. The summed E-state index contributed by atoms with van der Waals surface area (Å²) < 4.78 is 20.9. The first-order valence-corrected chi connectivity index (χ1v) is 10.9. The van der Waals surface area contributed by atoms with E-state index in [1.54, 1.807) is 13.3 Å². The number of methoxy groups -OCH3 is 1. The van der Waals surface area contributed by atoms with Gasteiger partial charge in [0.15, 0.2) is 17.7 Å². The standard InChI is InChI=1S/C21H25IN4O3/c1-12-11-23-24-13(2)18(12)14(3)29-16-9-8-15-19(20(16)27-4)21(22)25-26(15)17-7-5-6-10-28-17/h8-9,11,14,17H,5-7,10H2,1-4H3. The molecule has 1 saturated heterocycles. The third-order valence-electron chi connectivity index (χ3n) is 5.36. The first-order chi connectivity index (χ1) is 14.0. The molecule has 4 rings (SSSR count). The van der Waals surface area contributed by atoms with Crippen LogP contribution in [0.3, 0.4) is 0 Å². The Bertz CT molecular complexity index is 1010. The molecule has 2 atom stereocenters. The zero-order valence-electron chi connectivity index (χ0n) is 17.1. The summed E-state index contributed by atoms with van der Waals surface area (Å²) in [7, 11) is 1.67. The monoisotopic (exact) mass is 508 g/mol. The van der Waals surface area contributed by atoms with Crippen LogP contribution in [0.25, 0.3) is 10.9 Å². The molecule has 1 aliphatic heterocycles. The molecule has 3 heterocycles. The van der Waals surface area contributed by atoms with Crippen molar-refractivity contribution in [2.45, 2.75) is 52.4 Å². The maximum absolute atomic E-state index is 6.34. The van der Waals surface area contributed by atoms with Crippen LogP contribution in [0.1, 0.15) is 55.3 Å². The molecule has 8 heteroatoms. The number of aryl methyl sites for hydroxylation is 2. The lowest BCUT2D eigenvalue weighted by Gasteiger charge is -2.24. The molecule has 0 radical (unpaired) electrons. The van der Waals surface area contributed by atoms with Gasteiger partial charge in [-0.15, -0.1) is 0 Å². The highest BCUT2D eigenvalue weighted by atomic mass is 127. The summed E-state index contributed by atoms with van der Waals surface area (Å²) in [6, 6.07) is 3.99. The number of nitrogens with zero attached hydrogens (tertiary/aromatic N) is 4. The van der Waals surface area contributed by atoms with Crippen LogP contribution in [0.5, 0.6) is 11.5 Å². The van der Waals surface area contributed by atoms with Gasteiger partial charge in [0, 0.05) is 12.2 Å². The summed E-state index contributed by atoms with van der Waals surface area (Å²) in [5.41, 5.74) is 3.97. The summed E-state index contributed by atoms with van der Waals surface area (Å²) in [4.78, 5) is 0. The Kier molecular flexibility index (Phi) is 5.91. The average Bonchev–Trinajstić information content (AvgIpc) is 3.05. The lowest BCUT2D eigenvalue weighted by Crippen LogP contribution is -2.19. The SMILES string of the molecule is COc1c(OC(C)c2c(C)cnnc2C)ccc2c1c(I)nn2C1CCCCO1. The smallest absolute Gasteiger partial charge is 0.172 e. The van der Waals surface area contributed by atoms with E-state index in [4.69, 9.17) is 19.3 Å². The lowest BCUT2D eigenvalue weighted by atomic mass is 10.1. The minimum atomic E-state index is -0.189. The third kappa shape index (κ3) is 3.79. The lowest BCUT2D eigenvalue weighted by molar-refractivity contribution is -0.0368. The van der Waals surface area contributed by atoms with Crippen molar-refractivity contribution in [3.8, 4) is 11.5 Å². The molecular weight excluding hydrogens is 483 g/mol. The number of hydrogen-bond donors (Lipinski definition) is 0. The van der Waals surface area contributed by atoms with Crippen LogP contribution in [0.4, 0.5) is 0 Å². The highest BCUT2D eigenvalue weighted by molar-refractivity contribution is 14.1. The first-order valence-electron chi connectivity index (χ1n) is 9.83. The van der Waals surface area contributed by atoms with Crippen molar-refractivity contribution in [2.75, 3.05) is 13.7 Å². The zero-order chi connectivity index (χ0) is 20.5. The number of ether oxygens (including phenoxy) is 3. The van der Waals surface area contributed by atoms with Crippen LogP contribution < -0.4 is 9.47 Å². The maximum Gasteiger partial charge on any atom is 0.172 e. The van der Waals surface area contributed by atoms with Crippen LogP contribution >= 0.6 is 22.6 Å². The molecule has 0 aliphatic carbocycles. The highest BCUT2D eigenvalue weighted by Crippen LogP contribution is 2.41. The molecule has 3 aromatic rings. The van der Waals surface area contributed by atoms with E-state index in [0.29, 0.717) is 11.5 Å². The van der Waals surface area contributed by atoms with Gasteiger partial charge in [0.25, 0.3) is 0 Å². The molecule has 154 valence electrons. The van der Waals surface area contributed by atoms with E-state index in [-0.39, 0.29) is 12.3 Å². The predicted molar refractivity (Wildman–Crippen MR) is 118 cm³/mol. The molecule has 1 fully saturated rings. The van der Waals surface area contributed by atoms with Gasteiger partial charge in [-0.1, -0.05) is 0 Å². The van der Waals surface area contributed by atoms with Crippen LogP contribution in [-0.4, -0.2) is 33.7 Å². The number of benzene rings is 1.